The highest BCUT2D eigenvalue weighted by Gasteiger charge is 2.32. The second kappa shape index (κ2) is 6.70. The van der Waals surface area contributed by atoms with Crippen LogP contribution in [0.25, 0.3) is 32.3 Å². The molecule has 0 saturated carbocycles. The predicted molar refractivity (Wildman–Crippen MR) is 133 cm³/mol. The van der Waals surface area contributed by atoms with Crippen molar-refractivity contribution in [1.82, 2.24) is 0 Å². The molecule has 1 aliphatic heterocycles. The van der Waals surface area contributed by atoms with E-state index in [4.69, 9.17) is 4.74 Å². The predicted octanol–water partition coefficient (Wildman–Crippen LogP) is 8.43. The summed E-state index contributed by atoms with van der Waals surface area (Å²) < 4.78 is 6.53. The van der Waals surface area contributed by atoms with E-state index in [1.807, 2.05) is 0 Å². The Morgan fingerprint density at radius 2 is 0.938 bits per heavy atom. The van der Waals surface area contributed by atoms with Crippen molar-refractivity contribution in [2.45, 2.75) is 5.92 Å². The first-order valence-corrected chi connectivity index (χ1v) is 11.1. The van der Waals surface area contributed by atoms with E-state index < -0.39 is 0 Å². The first-order chi connectivity index (χ1) is 15.9. The van der Waals surface area contributed by atoms with Crippen molar-refractivity contribution in [1.29, 1.82) is 0 Å². The van der Waals surface area contributed by atoms with Crippen LogP contribution in [0.4, 0.5) is 0 Å². The monoisotopic (exact) mass is 408 g/mol. The number of benzene rings is 6. The molecule has 1 heterocycles. The standard InChI is InChI=1S/C31H20O/c1-2-10-23-19-24(14-13-20(23)7-1)29-30-25-11-5-3-8-21(25)15-17-27(30)32-28-18-16-22-9-4-6-12-26(22)31(28)29/h1-19,29H. The molecule has 1 nitrogen and oxygen atoms in total. The Morgan fingerprint density at radius 3 is 1.56 bits per heavy atom. The van der Waals surface area contributed by atoms with Crippen LogP contribution in [0.2, 0.25) is 0 Å². The largest absolute Gasteiger partial charge is 0.457 e. The molecular weight excluding hydrogens is 388 g/mol. The molecule has 1 aliphatic rings. The van der Waals surface area contributed by atoms with Crippen molar-refractivity contribution < 1.29 is 4.74 Å². The van der Waals surface area contributed by atoms with E-state index in [-0.39, 0.29) is 5.92 Å². The Kier molecular flexibility index (Phi) is 3.68. The van der Waals surface area contributed by atoms with Gasteiger partial charge in [0.25, 0.3) is 0 Å². The average molecular weight is 409 g/mol. The maximum Gasteiger partial charge on any atom is 0.132 e. The van der Waals surface area contributed by atoms with Crippen molar-refractivity contribution >= 4 is 32.3 Å². The minimum Gasteiger partial charge on any atom is -0.457 e. The molecule has 0 aromatic heterocycles. The molecule has 0 radical (unpaired) electrons. The topological polar surface area (TPSA) is 9.23 Å². The third-order valence-corrected chi connectivity index (χ3v) is 6.77. The highest BCUT2D eigenvalue weighted by molar-refractivity contribution is 5.95. The fourth-order valence-electron chi connectivity index (χ4n) is 5.31. The van der Waals surface area contributed by atoms with Crippen molar-refractivity contribution in [2.24, 2.45) is 0 Å². The summed E-state index contributed by atoms with van der Waals surface area (Å²) in [5.41, 5.74) is 3.80. The molecule has 1 heteroatoms. The SMILES string of the molecule is c1ccc2cc(C3c4c(ccc5ccccc45)Oc4ccc5ccccc5c43)ccc2c1. The Morgan fingerprint density at radius 1 is 0.438 bits per heavy atom. The molecular formula is C31H20O. The summed E-state index contributed by atoms with van der Waals surface area (Å²) in [6.07, 6.45) is 0. The number of hydrogen-bond acceptors (Lipinski definition) is 1. The van der Waals surface area contributed by atoms with Crippen molar-refractivity contribution in [3.05, 3.63) is 132 Å². The summed E-state index contributed by atoms with van der Waals surface area (Å²) in [4.78, 5) is 0. The maximum absolute atomic E-state index is 6.53. The molecule has 32 heavy (non-hydrogen) atoms. The lowest BCUT2D eigenvalue weighted by Crippen LogP contribution is -2.13. The first kappa shape index (κ1) is 17.6. The third kappa shape index (κ3) is 2.52. The molecule has 0 fully saturated rings. The molecule has 0 spiro atoms. The Balaban J connectivity index is 1.62. The van der Waals surface area contributed by atoms with Crippen molar-refractivity contribution in [3.8, 4) is 11.5 Å². The quantitative estimate of drug-likeness (QED) is 0.265. The minimum atomic E-state index is 0.0931. The molecule has 0 bridgehead atoms. The van der Waals surface area contributed by atoms with Gasteiger partial charge in [-0.15, -0.1) is 0 Å². The van der Waals surface area contributed by atoms with E-state index in [9.17, 15) is 0 Å². The molecule has 0 unspecified atom stereocenters. The van der Waals surface area contributed by atoms with Gasteiger partial charge in [0.2, 0.25) is 0 Å². The first-order valence-electron chi connectivity index (χ1n) is 11.1. The smallest absolute Gasteiger partial charge is 0.132 e. The number of fused-ring (bicyclic) bond motifs is 7. The van der Waals surface area contributed by atoms with E-state index in [0.717, 1.165) is 11.5 Å². The minimum absolute atomic E-state index is 0.0931. The van der Waals surface area contributed by atoms with E-state index in [0.29, 0.717) is 0 Å². The lowest BCUT2D eigenvalue weighted by atomic mass is 9.78. The van der Waals surface area contributed by atoms with Gasteiger partial charge in [0, 0.05) is 17.0 Å². The van der Waals surface area contributed by atoms with Crippen LogP contribution < -0.4 is 4.74 Å². The Labute approximate surface area is 186 Å². The molecule has 0 atom stereocenters. The summed E-state index contributed by atoms with van der Waals surface area (Å²) in [6.45, 7) is 0. The zero-order chi connectivity index (χ0) is 21.1. The van der Waals surface area contributed by atoms with Gasteiger partial charge in [0.05, 0.1) is 0 Å². The Hall–Kier alpha value is -4.10. The Bertz CT molecular complexity index is 1580. The number of ether oxygens (including phenoxy) is 1. The summed E-state index contributed by atoms with van der Waals surface area (Å²) in [7, 11) is 0. The fourth-order valence-corrected chi connectivity index (χ4v) is 5.31. The summed E-state index contributed by atoms with van der Waals surface area (Å²) in [6, 6.07) is 41.3. The van der Waals surface area contributed by atoms with Crippen LogP contribution in [-0.4, -0.2) is 0 Å². The van der Waals surface area contributed by atoms with E-state index in [1.165, 1.54) is 49.0 Å². The highest BCUT2D eigenvalue weighted by atomic mass is 16.5. The molecule has 0 aliphatic carbocycles. The molecule has 150 valence electrons. The van der Waals surface area contributed by atoms with Crippen LogP contribution in [0.15, 0.2) is 115 Å². The van der Waals surface area contributed by atoms with Gasteiger partial charge in [-0.25, -0.2) is 0 Å². The van der Waals surface area contributed by atoms with E-state index in [1.54, 1.807) is 0 Å². The van der Waals surface area contributed by atoms with E-state index >= 15 is 0 Å². The van der Waals surface area contributed by atoms with Crippen LogP contribution in [-0.2, 0) is 0 Å². The van der Waals surface area contributed by atoms with E-state index in [2.05, 4.69) is 115 Å². The molecule has 0 saturated heterocycles. The second-order valence-electron chi connectivity index (χ2n) is 8.54. The zero-order valence-corrected chi connectivity index (χ0v) is 17.5. The lowest BCUT2D eigenvalue weighted by Gasteiger charge is -2.31. The molecule has 0 N–H and O–H groups in total. The normalized spacial score (nSPS) is 13.1. The van der Waals surface area contributed by atoms with Crippen molar-refractivity contribution in [3.63, 3.8) is 0 Å². The third-order valence-electron chi connectivity index (χ3n) is 6.77. The summed E-state index contributed by atoms with van der Waals surface area (Å²) in [5, 5.41) is 7.51. The fraction of sp³-hybridized carbons (Fsp3) is 0.0323. The molecule has 0 amide bonds. The van der Waals surface area contributed by atoms with Gasteiger partial charge in [-0.3, -0.25) is 0 Å². The molecule has 7 rings (SSSR count). The van der Waals surface area contributed by atoms with Crippen molar-refractivity contribution in [2.75, 3.05) is 0 Å². The summed E-state index contributed by atoms with van der Waals surface area (Å²) in [5.74, 6) is 1.99. The van der Waals surface area contributed by atoms with Gasteiger partial charge in [-0.05, 0) is 50.0 Å². The summed E-state index contributed by atoms with van der Waals surface area (Å²) >= 11 is 0. The van der Waals surface area contributed by atoms with Crippen LogP contribution >= 0.6 is 0 Å². The molecule has 6 aromatic carbocycles. The average Bonchev–Trinajstić information content (AvgIpc) is 2.87. The zero-order valence-electron chi connectivity index (χ0n) is 17.5. The highest BCUT2D eigenvalue weighted by Crippen LogP contribution is 2.52. The number of rotatable bonds is 1. The molecule has 6 aromatic rings. The second-order valence-corrected chi connectivity index (χ2v) is 8.54. The van der Waals surface area contributed by atoms with Gasteiger partial charge in [0.1, 0.15) is 11.5 Å². The van der Waals surface area contributed by atoms with Gasteiger partial charge in [-0.2, -0.15) is 0 Å². The van der Waals surface area contributed by atoms with Crippen LogP contribution in [0.5, 0.6) is 11.5 Å². The van der Waals surface area contributed by atoms with Gasteiger partial charge >= 0.3 is 0 Å². The number of hydrogen-bond donors (Lipinski definition) is 0. The maximum atomic E-state index is 6.53. The van der Waals surface area contributed by atoms with Crippen LogP contribution in [0.3, 0.4) is 0 Å². The van der Waals surface area contributed by atoms with Crippen LogP contribution in [0, 0.1) is 0 Å². The van der Waals surface area contributed by atoms with Gasteiger partial charge < -0.3 is 4.74 Å². The lowest BCUT2D eigenvalue weighted by molar-refractivity contribution is 0.456. The van der Waals surface area contributed by atoms with Crippen LogP contribution in [0.1, 0.15) is 22.6 Å². The van der Waals surface area contributed by atoms with Gasteiger partial charge in [-0.1, -0.05) is 103 Å². The van der Waals surface area contributed by atoms with Gasteiger partial charge in [0.15, 0.2) is 0 Å².